The van der Waals surface area contributed by atoms with Crippen molar-refractivity contribution in [3.8, 4) is 11.5 Å². The number of phenols is 1. The van der Waals surface area contributed by atoms with Crippen LogP contribution in [0.4, 0.5) is 0 Å². The summed E-state index contributed by atoms with van der Waals surface area (Å²) in [7, 11) is 0. The highest BCUT2D eigenvalue weighted by Gasteiger charge is 2.31. The summed E-state index contributed by atoms with van der Waals surface area (Å²) >= 11 is 0. The Labute approximate surface area is 304 Å². The van der Waals surface area contributed by atoms with E-state index < -0.39 is 71.7 Å². The van der Waals surface area contributed by atoms with Crippen LogP contribution in [0.1, 0.15) is 65.5 Å². The normalized spacial score (nSPS) is 14.1. The molecule has 5 atom stereocenters. The average molecular weight is 727 g/mol. The Morgan fingerprint density at radius 3 is 1.63 bits per heavy atom. The number of ether oxygens (including phenoxy) is 1. The number of phenolic OH excluding ortho intramolecular Hbond substituents is 1. The van der Waals surface area contributed by atoms with Gasteiger partial charge in [0.1, 0.15) is 35.7 Å². The van der Waals surface area contributed by atoms with Gasteiger partial charge < -0.3 is 47.7 Å². The van der Waals surface area contributed by atoms with E-state index in [-0.39, 0.29) is 49.1 Å². The number of rotatable bonds is 20. The maximum Gasteiger partial charge on any atom is 0.334 e. The van der Waals surface area contributed by atoms with E-state index in [1.54, 1.807) is 38.1 Å². The summed E-state index contributed by atoms with van der Waals surface area (Å²) in [5, 5.41) is 29.6. The minimum atomic E-state index is -1.21. The molecular formula is C37H54N6O9. The number of carboxylic acid groups (broad SMARTS) is 1. The van der Waals surface area contributed by atoms with E-state index in [9.17, 15) is 39.0 Å². The molecular weight excluding hydrogens is 672 g/mol. The van der Waals surface area contributed by atoms with E-state index in [0.29, 0.717) is 17.5 Å². The van der Waals surface area contributed by atoms with Gasteiger partial charge in [-0.1, -0.05) is 65.8 Å². The highest BCUT2D eigenvalue weighted by Crippen LogP contribution is 2.18. The van der Waals surface area contributed by atoms with E-state index in [0.717, 1.165) is 0 Å². The van der Waals surface area contributed by atoms with Crippen molar-refractivity contribution >= 4 is 35.6 Å². The Morgan fingerprint density at radius 1 is 0.673 bits per heavy atom. The summed E-state index contributed by atoms with van der Waals surface area (Å²) < 4.78 is 5.62. The lowest BCUT2D eigenvalue weighted by Gasteiger charge is -2.25. The first kappa shape index (κ1) is 43.1. The third kappa shape index (κ3) is 14.7. The number of nitrogens with two attached hydrogens (primary N) is 2. The fourth-order valence-electron chi connectivity index (χ4n) is 5.27. The van der Waals surface area contributed by atoms with Gasteiger partial charge in [0.2, 0.25) is 23.6 Å². The van der Waals surface area contributed by atoms with Gasteiger partial charge >= 0.3 is 11.9 Å². The first-order valence-electron chi connectivity index (χ1n) is 17.4. The number of carbonyl (C=O) groups excluding carboxylic acids is 5. The van der Waals surface area contributed by atoms with E-state index in [1.165, 1.54) is 24.3 Å². The minimum Gasteiger partial charge on any atom is -0.508 e. The SMILES string of the molecule is CC(C)C[C@H](NC(=O)[C@H](Cc1ccc(O)cc1)NC(=O)CN)C(=O)Oc1ccc(C[C@H](NC(=O)[C@@H](N)CC(C)C)C(=O)N[C@H](C(=O)O)C(C)C)cc1. The fraction of sp³-hybridized carbons (Fsp3) is 0.514. The molecule has 0 saturated carbocycles. The standard InChI is InChI=1S/C37H54N6O9/c1-20(2)15-27(39)33(46)41-29(35(48)43-32(22(5)6)36(49)50)18-24-9-13-26(14-10-24)52-37(51)30(16-21(3)4)42-34(47)28(40-31(45)19-38)17-23-7-11-25(44)12-8-23/h7-14,20-22,27-30,32,44H,15-19,38-39H2,1-6H3,(H,40,45)(H,41,46)(H,42,47)(H,43,48)(H,49,50)/t27-,28-,29-,30-,32-/m0/s1. The van der Waals surface area contributed by atoms with Crippen molar-refractivity contribution in [3.63, 3.8) is 0 Å². The summed E-state index contributed by atoms with van der Waals surface area (Å²) in [5.41, 5.74) is 12.7. The highest BCUT2D eigenvalue weighted by atomic mass is 16.5. The Kier molecular flexibility index (Phi) is 17.2. The highest BCUT2D eigenvalue weighted by molar-refractivity contribution is 5.93. The van der Waals surface area contributed by atoms with Crippen molar-refractivity contribution in [2.45, 2.75) is 97.4 Å². The Bertz CT molecular complexity index is 1510. The molecule has 4 amide bonds. The summed E-state index contributed by atoms with van der Waals surface area (Å²) in [6.45, 7) is 10.5. The lowest BCUT2D eigenvalue weighted by molar-refractivity contribution is -0.143. The molecule has 0 aliphatic rings. The molecule has 2 rings (SSSR count). The number of carbonyl (C=O) groups is 6. The Hall–Kier alpha value is -5.02. The second kappa shape index (κ2) is 20.7. The first-order chi connectivity index (χ1) is 24.4. The zero-order valence-corrected chi connectivity index (χ0v) is 30.7. The molecule has 0 spiro atoms. The predicted molar refractivity (Wildman–Crippen MR) is 194 cm³/mol. The largest absolute Gasteiger partial charge is 0.508 e. The average Bonchev–Trinajstić information content (AvgIpc) is 3.06. The lowest BCUT2D eigenvalue weighted by atomic mass is 10.00. The van der Waals surface area contributed by atoms with Crippen molar-refractivity contribution in [2.75, 3.05) is 6.54 Å². The quantitative estimate of drug-likeness (QED) is 0.0710. The predicted octanol–water partition coefficient (Wildman–Crippen LogP) is 1.14. The molecule has 0 fully saturated rings. The Morgan fingerprint density at radius 2 is 1.15 bits per heavy atom. The van der Waals surface area contributed by atoms with Crippen molar-refractivity contribution in [1.82, 2.24) is 21.3 Å². The topological polar surface area (TPSA) is 252 Å². The number of aliphatic carboxylic acids is 1. The number of esters is 1. The number of benzene rings is 2. The molecule has 286 valence electrons. The monoisotopic (exact) mass is 726 g/mol. The van der Waals surface area contributed by atoms with Gasteiger partial charge in [-0.2, -0.15) is 0 Å². The molecule has 0 aliphatic heterocycles. The van der Waals surface area contributed by atoms with Crippen LogP contribution >= 0.6 is 0 Å². The van der Waals surface area contributed by atoms with Crippen LogP contribution in [0.5, 0.6) is 11.5 Å². The third-order valence-electron chi connectivity index (χ3n) is 8.03. The molecule has 0 aliphatic carbocycles. The van der Waals surface area contributed by atoms with Crippen LogP contribution in [0, 0.1) is 17.8 Å². The molecule has 0 unspecified atom stereocenters. The van der Waals surface area contributed by atoms with Gasteiger partial charge in [0.25, 0.3) is 0 Å². The number of amides is 4. The smallest absolute Gasteiger partial charge is 0.334 e. The fourth-order valence-corrected chi connectivity index (χ4v) is 5.27. The maximum absolute atomic E-state index is 13.4. The summed E-state index contributed by atoms with van der Waals surface area (Å²) in [4.78, 5) is 76.8. The molecule has 0 bridgehead atoms. The van der Waals surface area contributed by atoms with Crippen LogP contribution in [-0.4, -0.2) is 82.5 Å². The molecule has 0 aromatic heterocycles. The van der Waals surface area contributed by atoms with Gasteiger partial charge in [-0.05, 0) is 66.0 Å². The van der Waals surface area contributed by atoms with Gasteiger partial charge in [0.15, 0.2) is 0 Å². The molecule has 52 heavy (non-hydrogen) atoms. The molecule has 2 aromatic rings. The van der Waals surface area contributed by atoms with Crippen LogP contribution < -0.4 is 37.5 Å². The third-order valence-corrected chi connectivity index (χ3v) is 8.03. The first-order valence-corrected chi connectivity index (χ1v) is 17.4. The second-order valence-electron chi connectivity index (χ2n) is 14.0. The number of carboxylic acids is 1. The summed E-state index contributed by atoms with van der Waals surface area (Å²) in [5.74, 6) is -4.55. The molecule has 0 heterocycles. The van der Waals surface area contributed by atoms with Gasteiger partial charge in [-0.3, -0.25) is 19.2 Å². The van der Waals surface area contributed by atoms with Crippen molar-refractivity contribution < 1.29 is 43.7 Å². The van der Waals surface area contributed by atoms with Gasteiger partial charge in [-0.25, -0.2) is 9.59 Å². The van der Waals surface area contributed by atoms with Crippen LogP contribution in [0.15, 0.2) is 48.5 Å². The molecule has 2 aromatic carbocycles. The number of hydrogen-bond donors (Lipinski definition) is 8. The molecule has 15 nitrogen and oxygen atoms in total. The summed E-state index contributed by atoms with van der Waals surface area (Å²) in [6.07, 6.45) is 0.653. The zero-order chi connectivity index (χ0) is 39.1. The van der Waals surface area contributed by atoms with Crippen LogP contribution in [0.3, 0.4) is 0 Å². The van der Waals surface area contributed by atoms with Crippen molar-refractivity contribution in [3.05, 3.63) is 59.7 Å². The van der Waals surface area contributed by atoms with Gasteiger partial charge in [0.05, 0.1) is 12.6 Å². The minimum absolute atomic E-state index is 0.0202. The van der Waals surface area contributed by atoms with Crippen molar-refractivity contribution in [1.29, 1.82) is 0 Å². The second-order valence-corrected chi connectivity index (χ2v) is 14.0. The number of aromatic hydroxyl groups is 1. The van der Waals surface area contributed by atoms with E-state index in [2.05, 4.69) is 21.3 Å². The lowest BCUT2D eigenvalue weighted by Crippen LogP contribution is -2.56. The van der Waals surface area contributed by atoms with Gasteiger partial charge in [0, 0.05) is 12.8 Å². The van der Waals surface area contributed by atoms with Crippen LogP contribution in [0.25, 0.3) is 0 Å². The Balaban J connectivity index is 2.23. The van der Waals surface area contributed by atoms with Gasteiger partial charge in [-0.15, -0.1) is 0 Å². The van der Waals surface area contributed by atoms with E-state index >= 15 is 0 Å². The molecule has 10 N–H and O–H groups in total. The van der Waals surface area contributed by atoms with E-state index in [4.69, 9.17) is 16.2 Å². The van der Waals surface area contributed by atoms with Crippen LogP contribution in [-0.2, 0) is 41.6 Å². The number of hydrogen-bond acceptors (Lipinski definition) is 10. The van der Waals surface area contributed by atoms with E-state index in [1.807, 2.05) is 27.7 Å². The van der Waals surface area contributed by atoms with Crippen LogP contribution in [0.2, 0.25) is 0 Å². The molecule has 0 saturated heterocycles. The van der Waals surface area contributed by atoms with Crippen molar-refractivity contribution in [2.24, 2.45) is 29.2 Å². The maximum atomic E-state index is 13.4. The summed E-state index contributed by atoms with van der Waals surface area (Å²) in [6, 6.07) is 6.92. The zero-order valence-electron chi connectivity index (χ0n) is 30.7. The molecule has 0 radical (unpaired) electrons. The number of nitrogens with one attached hydrogen (secondary N) is 4. The molecule has 15 heteroatoms.